The van der Waals surface area contributed by atoms with Gasteiger partial charge >= 0.3 is 5.97 Å². The van der Waals surface area contributed by atoms with Crippen LogP contribution in [0.1, 0.15) is 28.7 Å². The van der Waals surface area contributed by atoms with Crippen molar-refractivity contribution in [3.8, 4) is 22.9 Å². The van der Waals surface area contributed by atoms with Crippen molar-refractivity contribution >= 4 is 5.97 Å². The first-order chi connectivity index (χ1) is 12.6. The third-order valence-electron chi connectivity index (χ3n) is 3.59. The summed E-state index contributed by atoms with van der Waals surface area (Å²) in [6.45, 7) is 4.02. The molecule has 0 radical (unpaired) electrons. The predicted octanol–water partition coefficient (Wildman–Crippen LogP) is 3.51. The number of hydrogen-bond donors (Lipinski definition) is 1. The molecule has 7 nitrogen and oxygen atoms in total. The highest BCUT2D eigenvalue weighted by atomic mass is 16.6. The highest BCUT2D eigenvalue weighted by molar-refractivity contribution is 5.92. The van der Waals surface area contributed by atoms with Gasteiger partial charge in [0.1, 0.15) is 17.1 Å². The second kappa shape index (κ2) is 7.69. The average molecular weight is 354 g/mol. The molecule has 0 aliphatic carbocycles. The number of aromatic nitrogens is 2. The van der Waals surface area contributed by atoms with Crippen LogP contribution in [0.4, 0.5) is 0 Å². The molecule has 0 unspecified atom stereocenters. The van der Waals surface area contributed by atoms with E-state index in [9.17, 15) is 9.90 Å². The van der Waals surface area contributed by atoms with Gasteiger partial charge in [-0.1, -0.05) is 28.9 Å². The van der Waals surface area contributed by atoms with Crippen molar-refractivity contribution in [2.24, 2.45) is 0 Å². The van der Waals surface area contributed by atoms with E-state index in [1.165, 1.54) is 6.07 Å². The number of aryl methyl sites for hydroxylation is 1. The second-order valence-corrected chi connectivity index (χ2v) is 5.54. The lowest BCUT2D eigenvalue weighted by Crippen LogP contribution is -2.06. The lowest BCUT2D eigenvalue weighted by molar-refractivity contribution is 0.0426. The molecule has 0 atom stereocenters. The van der Waals surface area contributed by atoms with Gasteiger partial charge in [0.2, 0.25) is 5.82 Å². The normalized spacial score (nSPS) is 10.5. The molecule has 0 amide bonds. The third kappa shape index (κ3) is 3.83. The average Bonchev–Trinajstić information content (AvgIpc) is 3.11. The van der Waals surface area contributed by atoms with Crippen molar-refractivity contribution in [3.63, 3.8) is 0 Å². The zero-order chi connectivity index (χ0) is 18.5. The molecule has 1 N–H and O–H groups in total. The van der Waals surface area contributed by atoms with Gasteiger partial charge in [-0.3, -0.25) is 0 Å². The highest BCUT2D eigenvalue weighted by Gasteiger charge is 2.17. The minimum atomic E-state index is -0.666. The Morgan fingerprint density at radius 1 is 1.23 bits per heavy atom. The summed E-state index contributed by atoms with van der Waals surface area (Å²) >= 11 is 0. The fourth-order valence-corrected chi connectivity index (χ4v) is 2.37. The van der Waals surface area contributed by atoms with Gasteiger partial charge in [-0.25, -0.2) is 4.79 Å². The summed E-state index contributed by atoms with van der Waals surface area (Å²) in [5, 5.41) is 13.7. The largest absolute Gasteiger partial charge is 0.507 e. The molecule has 2 aromatic carbocycles. The first-order valence-corrected chi connectivity index (χ1v) is 8.10. The molecular weight excluding hydrogens is 336 g/mol. The number of aromatic hydroxyl groups is 1. The number of phenols is 1. The number of benzene rings is 2. The van der Waals surface area contributed by atoms with Crippen LogP contribution >= 0.6 is 0 Å². The zero-order valence-corrected chi connectivity index (χ0v) is 14.4. The summed E-state index contributed by atoms with van der Waals surface area (Å²) in [5.74, 6) is 0.326. The summed E-state index contributed by atoms with van der Waals surface area (Å²) in [5.41, 5.74) is 1.61. The first kappa shape index (κ1) is 17.5. The van der Waals surface area contributed by atoms with Gasteiger partial charge in [-0.15, -0.1) is 0 Å². The predicted molar refractivity (Wildman–Crippen MR) is 92.9 cm³/mol. The van der Waals surface area contributed by atoms with Crippen LogP contribution in [0, 0.1) is 6.92 Å². The molecule has 1 aromatic heterocycles. The van der Waals surface area contributed by atoms with E-state index in [2.05, 4.69) is 10.1 Å². The number of carbonyl (C=O) groups excluding carboxylic acids is 1. The third-order valence-corrected chi connectivity index (χ3v) is 3.59. The molecule has 0 aliphatic heterocycles. The van der Waals surface area contributed by atoms with Crippen molar-refractivity contribution < 1.29 is 23.9 Å². The van der Waals surface area contributed by atoms with E-state index in [4.69, 9.17) is 14.0 Å². The fraction of sp³-hybridized carbons (Fsp3) is 0.211. The van der Waals surface area contributed by atoms with Crippen molar-refractivity contribution in [1.29, 1.82) is 0 Å². The molecule has 134 valence electrons. The van der Waals surface area contributed by atoms with Gasteiger partial charge in [0.25, 0.3) is 5.89 Å². The maximum absolute atomic E-state index is 12.1. The number of ether oxygens (including phenoxy) is 2. The maximum Gasteiger partial charge on any atom is 0.342 e. The first-order valence-electron chi connectivity index (χ1n) is 8.10. The Bertz CT molecular complexity index is 920. The summed E-state index contributed by atoms with van der Waals surface area (Å²) < 4.78 is 15.8. The van der Waals surface area contributed by atoms with E-state index in [1.807, 2.05) is 38.1 Å². The smallest absolute Gasteiger partial charge is 0.342 e. The fourth-order valence-electron chi connectivity index (χ4n) is 2.37. The van der Waals surface area contributed by atoms with Crippen LogP contribution in [0.5, 0.6) is 11.5 Å². The number of esters is 1. The quantitative estimate of drug-likeness (QED) is 0.677. The molecule has 0 spiro atoms. The molecule has 0 bridgehead atoms. The maximum atomic E-state index is 12.1. The number of phenolic OH excluding ortho intramolecular Hbond substituents is 1. The van der Waals surface area contributed by atoms with E-state index in [1.54, 1.807) is 12.1 Å². The standard InChI is InChI=1S/C19H18N2O5/c1-3-24-16-7-5-4-6-13(16)18-20-17(26-21-18)11-25-19(23)14-10-12(2)8-9-15(14)22/h4-10,22H,3,11H2,1-2H3. The zero-order valence-electron chi connectivity index (χ0n) is 14.4. The van der Waals surface area contributed by atoms with Crippen molar-refractivity contribution in [1.82, 2.24) is 10.1 Å². The molecule has 0 saturated heterocycles. The van der Waals surface area contributed by atoms with Crippen LogP contribution in [0.2, 0.25) is 0 Å². The van der Waals surface area contributed by atoms with Crippen LogP contribution in [-0.4, -0.2) is 27.8 Å². The lowest BCUT2D eigenvalue weighted by atomic mass is 10.1. The lowest BCUT2D eigenvalue weighted by Gasteiger charge is -2.06. The van der Waals surface area contributed by atoms with Crippen LogP contribution in [0.3, 0.4) is 0 Å². The SMILES string of the molecule is CCOc1ccccc1-c1noc(COC(=O)c2cc(C)ccc2O)n1. The number of hydrogen-bond acceptors (Lipinski definition) is 7. The summed E-state index contributed by atoms with van der Waals surface area (Å²) in [7, 11) is 0. The minimum absolute atomic E-state index is 0.0893. The summed E-state index contributed by atoms with van der Waals surface area (Å²) in [6, 6.07) is 12.0. The van der Waals surface area contributed by atoms with E-state index >= 15 is 0 Å². The molecule has 0 saturated carbocycles. The Labute approximate surface area is 150 Å². The highest BCUT2D eigenvalue weighted by Crippen LogP contribution is 2.27. The number of para-hydroxylation sites is 1. The Balaban J connectivity index is 1.71. The Morgan fingerprint density at radius 3 is 2.85 bits per heavy atom. The number of rotatable bonds is 6. The molecule has 7 heteroatoms. The van der Waals surface area contributed by atoms with Gasteiger partial charge in [-0.2, -0.15) is 4.98 Å². The Hall–Kier alpha value is -3.35. The number of carbonyl (C=O) groups is 1. The number of nitrogens with zero attached hydrogens (tertiary/aromatic N) is 2. The van der Waals surface area contributed by atoms with Crippen LogP contribution < -0.4 is 4.74 Å². The Kier molecular flexibility index (Phi) is 5.17. The van der Waals surface area contributed by atoms with Crippen molar-refractivity contribution in [2.45, 2.75) is 20.5 Å². The molecule has 1 heterocycles. The van der Waals surface area contributed by atoms with E-state index in [-0.39, 0.29) is 23.8 Å². The molecule has 3 rings (SSSR count). The molecule has 0 aliphatic rings. The molecule has 0 fully saturated rings. The monoisotopic (exact) mass is 354 g/mol. The summed E-state index contributed by atoms with van der Waals surface area (Å²) in [6.07, 6.45) is 0. The second-order valence-electron chi connectivity index (χ2n) is 5.54. The van der Waals surface area contributed by atoms with Crippen LogP contribution in [0.25, 0.3) is 11.4 Å². The van der Waals surface area contributed by atoms with Gasteiger partial charge in [0, 0.05) is 0 Å². The van der Waals surface area contributed by atoms with E-state index in [0.29, 0.717) is 23.7 Å². The van der Waals surface area contributed by atoms with E-state index in [0.717, 1.165) is 5.56 Å². The van der Waals surface area contributed by atoms with Gasteiger partial charge in [0.15, 0.2) is 6.61 Å². The van der Waals surface area contributed by atoms with Crippen molar-refractivity contribution in [2.75, 3.05) is 6.61 Å². The topological polar surface area (TPSA) is 94.7 Å². The van der Waals surface area contributed by atoms with Crippen LogP contribution in [-0.2, 0) is 11.3 Å². The van der Waals surface area contributed by atoms with Gasteiger partial charge < -0.3 is 19.1 Å². The summed E-state index contributed by atoms with van der Waals surface area (Å²) in [4.78, 5) is 16.3. The van der Waals surface area contributed by atoms with Gasteiger partial charge in [-0.05, 0) is 38.1 Å². The molecule has 26 heavy (non-hydrogen) atoms. The molecular formula is C19H18N2O5. The van der Waals surface area contributed by atoms with Crippen molar-refractivity contribution in [3.05, 3.63) is 59.5 Å². The van der Waals surface area contributed by atoms with Gasteiger partial charge in [0.05, 0.1) is 12.2 Å². The van der Waals surface area contributed by atoms with E-state index < -0.39 is 5.97 Å². The minimum Gasteiger partial charge on any atom is -0.507 e. The molecule has 3 aromatic rings. The van der Waals surface area contributed by atoms with Crippen LogP contribution in [0.15, 0.2) is 47.0 Å². The Morgan fingerprint density at radius 2 is 2.04 bits per heavy atom.